The maximum atomic E-state index is 12.6. The fourth-order valence-electron chi connectivity index (χ4n) is 2.13. The Morgan fingerprint density at radius 3 is 2.57 bits per heavy atom. The molecule has 1 amide bonds. The Hall–Kier alpha value is -1.65. The summed E-state index contributed by atoms with van der Waals surface area (Å²) < 4.78 is 5.31. The van der Waals surface area contributed by atoms with Crippen LogP contribution in [0.2, 0.25) is 5.02 Å². The maximum Gasteiger partial charge on any atom is 0.237 e. The highest BCUT2D eigenvalue weighted by Crippen LogP contribution is 2.30. The maximum absolute atomic E-state index is 12.6. The summed E-state index contributed by atoms with van der Waals surface area (Å²) in [4.78, 5) is 13.6. The van der Waals surface area contributed by atoms with Crippen molar-refractivity contribution in [1.29, 1.82) is 0 Å². The van der Waals surface area contributed by atoms with Crippen LogP contribution in [0.15, 0.2) is 47.4 Å². The summed E-state index contributed by atoms with van der Waals surface area (Å²) in [5, 5.41) is 3.49. The number of carbonyl (C=O) groups excluding carboxylic acids is 1. The predicted octanol–water partition coefficient (Wildman–Crippen LogP) is 5.17. The predicted molar refractivity (Wildman–Crippen MR) is 97.7 cm³/mol. The molecule has 0 fully saturated rings. The Kier molecular flexibility index (Phi) is 6.37. The highest BCUT2D eigenvalue weighted by Gasteiger charge is 2.19. The first kappa shape index (κ1) is 17.7. The lowest BCUT2D eigenvalue weighted by molar-refractivity contribution is -0.115. The molecule has 5 heteroatoms. The zero-order valence-corrected chi connectivity index (χ0v) is 15.0. The number of hydrogen-bond donors (Lipinski definition) is 1. The van der Waals surface area contributed by atoms with Gasteiger partial charge in [-0.1, -0.05) is 24.6 Å². The van der Waals surface area contributed by atoms with E-state index < -0.39 is 0 Å². The van der Waals surface area contributed by atoms with Crippen LogP contribution in [0, 0.1) is 6.92 Å². The molecule has 1 atom stereocenters. The molecule has 0 saturated heterocycles. The number of methoxy groups -OCH3 is 1. The van der Waals surface area contributed by atoms with Crippen molar-refractivity contribution in [3.8, 4) is 5.75 Å². The van der Waals surface area contributed by atoms with Crippen LogP contribution in [0.1, 0.15) is 18.9 Å². The molecule has 2 rings (SSSR count). The fraction of sp³-hybridized carbons (Fsp3) is 0.278. The molecule has 0 radical (unpaired) electrons. The third-order valence-corrected chi connectivity index (χ3v) is 5.00. The lowest BCUT2D eigenvalue weighted by atomic mass is 10.2. The van der Waals surface area contributed by atoms with E-state index in [0.29, 0.717) is 16.5 Å². The molecule has 122 valence electrons. The van der Waals surface area contributed by atoms with Gasteiger partial charge in [0.25, 0.3) is 0 Å². The number of carbonyl (C=O) groups is 1. The molecule has 0 aliphatic rings. The van der Waals surface area contributed by atoms with Gasteiger partial charge in [-0.25, -0.2) is 0 Å². The van der Waals surface area contributed by atoms with E-state index >= 15 is 0 Å². The lowest BCUT2D eigenvalue weighted by Crippen LogP contribution is -2.24. The van der Waals surface area contributed by atoms with Gasteiger partial charge in [0.1, 0.15) is 5.75 Å². The fourth-order valence-corrected chi connectivity index (χ4v) is 3.21. The van der Waals surface area contributed by atoms with Crippen molar-refractivity contribution in [2.24, 2.45) is 0 Å². The average molecular weight is 350 g/mol. The first-order chi connectivity index (χ1) is 11.0. The van der Waals surface area contributed by atoms with Gasteiger partial charge in [0, 0.05) is 9.92 Å². The second kappa shape index (κ2) is 8.27. The first-order valence-corrected chi connectivity index (χ1v) is 8.67. The Bertz CT molecular complexity index is 673. The van der Waals surface area contributed by atoms with E-state index in [-0.39, 0.29) is 11.2 Å². The minimum atomic E-state index is -0.179. The van der Waals surface area contributed by atoms with Gasteiger partial charge >= 0.3 is 0 Å². The molecule has 0 saturated carbocycles. The summed E-state index contributed by atoms with van der Waals surface area (Å²) in [5.41, 5.74) is 1.77. The third-order valence-electron chi connectivity index (χ3n) is 3.37. The number of ether oxygens (including phenoxy) is 1. The van der Waals surface area contributed by atoms with Gasteiger partial charge in [-0.3, -0.25) is 4.79 Å². The van der Waals surface area contributed by atoms with E-state index in [4.69, 9.17) is 16.3 Å². The van der Waals surface area contributed by atoms with E-state index in [2.05, 4.69) is 5.32 Å². The van der Waals surface area contributed by atoms with E-state index in [9.17, 15) is 4.79 Å². The molecule has 23 heavy (non-hydrogen) atoms. The third kappa shape index (κ3) is 4.91. The molecule has 1 unspecified atom stereocenters. The number of amides is 1. The number of thioether (sulfide) groups is 1. The van der Waals surface area contributed by atoms with Crippen LogP contribution in [-0.4, -0.2) is 18.3 Å². The summed E-state index contributed by atoms with van der Waals surface area (Å²) >= 11 is 7.43. The van der Waals surface area contributed by atoms with Crippen LogP contribution in [0.25, 0.3) is 0 Å². The molecular weight excluding hydrogens is 330 g/mol. The lowest BCUT2D eigenvalue weighted by Gasteiger charge is -2.16. The van der Waals surface area contributed by atoms with Crippen LogP contribution in [0.5, 0.6) is 5.75 Å². The highest BCUT2D eigenvalue weighted by molar-refractivity contribution is 8.00. The van der Waals surface area contributed by atoms with Gasteiger partial charge in [-0.15, -0.1) is 11.8 Å². The quantitative estimate of drug-likeness (QED) is 0.731. The summed E-state index contributed by atoms with van der Waals surface area (Å²) in [7, 11) is 1.60. The van der Waals surface area contributed by atoms with Gasteiger partial charge in [0.15, 0.2) is 0 Å². The summed E-state index contributed by atoms with van der Waals surface area (Å²) in [6.45, 7) is 3.98. The number of hydrogen-bond acceptors (Lipinski definition) is 3. The molecule has 0 bridgehead atoms. The number of benzene rings is 2. The van der Waals surface area contributed by atoms with Gasteiger partial charge in [-0.2, -0.15) is 0 Å². The number of anilines is 1. The first-order valence-electron chi connectivity index (χ1n) is 7.41. The standard InChI is InChI=1S/C18H20ClNO2S/c1-4-17(23-14-8-6-13(19)7-9-14)18(21)20-15-11-12(2)5-10-16(15)22-3/h5-11,17H,4H2,1-3H3,(H,20,21). The zero-order chi connectivity index (χ0) is 16.8. The zero-order valence-electron chi connectivity index (χ0n) is 13.4. The molecule has 2 aromatic carbocycles. The van der Waals surface area contributed by atoms with E-state index in [1.54, 1.807) is 7.11 Å². The normalized spacial score (nSPS) is 11.8. The summed E-state index contributed by atoms with van der Waals surface area (Å²) in [6.07, 6.45) is 0.729. The van der Waals surface area contributed by atoms with Gasteiger partial charge in [-0.05, 0) is 55.3 Å². The number of rotatable bonds is 6. The van der Waals surface area contributed by atoms with Crippen LogP contribution in [0.4, 0.5) is 5.69 Å². The molecule has 3 nitrogen and oxygen atoms in total. The van der Waals surface area contributed by atoms with Crippen molar-refractivity contribution >= 4 is 35.0 Å². The minimum absolute atomic E-state index is 0.0312. The Balaban J connectivity index is 2.11. The van der Waals surface area contributed by atoms with Gasteiger partial charge in [0.2, 0.25) is 5.91 Å². The van der Waals surface area contributed by atoms with Crippen LogP contribution in [-0.2, 0) is 4.79 Å². The highest BCUT2D eigenvalue weighted by atomic mass is 35.5. The number of nitrogens with one attached hydrogen (secondary N) is 1. The summed E-state index contributed by atoms with van der Waals surface area (Å²) in [5.74, 6) is 0.631. The molecule has 0 spiro atoms. The van der Waals surface area contributed by atoms with Crippen molar-refractivity contribution in [2.75, 3.05) is 12.4 Å². The number of aryl methyl sites for hydroxylation is 1. The second-order valence-corrected chi connectivity index (χ2v) is 6.87. The number of halogens is 1. The Morgan fingerprint density at radius 1 is 1.26 bits per heavy atom. The van der Waals surface area contributed by atoms with Crippen molar-refractivity contribution in [3.63, 3.8) is 0 Å². The van der Waals surface area contributed by atoms with Gasteiger partial charge < -0.3 is 10.1 Å². The van der Waals surface area contributed by atoms with Gasteiger partial charge in [0.05, 0.1) is 18.0 Å². The largest absolute Gasteiger partial charge is 0.495 e. The Labute approximate surface area is 146 Å². The van der Waals surface area contributed by atoms with Crippen molar-refractivity contribution in [3.05, 3.63) is 53.1 Å². The minimum Gasteiger partial charge on any atom is -0.495 e. The summed E-state index contributed by atoms with van der Waals surface area (Å²) in [6, 6.07) is 13.2. The van der Waals surface area contributed by atoms with Crippen molar-refractivity contribution in [2.45, 2.75) is 30.4 Å². The average Bonchev–Trinajstić information content (AvgIpc) is 2.54. The monoisotopic (exact) mass is 349 g/mol. The topological polar surface area (TPSA) is 38.3 Å². The second-order valence-electron chi connectivity index (χ2n) is 5.16. The smallest absolute Gasteiger partial charge is 0.237 e. The van der Waals surface area contributed by atoms with E-state index in [1.165, 1.54) is 11.8 Å². The van der Waals surface area contributed by atoms with Crippen molar-refractivity contribution < 1.29 is 9.53 Å². The molecule has 0 aromatic heterocycles. The molecule has 0 aliphatic carbocycles. The van der Waals surface area contributed by atoms with Crippen LogP contribution >= 0.6 is 23.4 Å². The van der Waals surface area contributed by atoms with E-state index in [0.717, 1.165) is 16.9 Å². The van der Waals surface area contributed by atoms with Crippen LogP contribution in [0.3, 0.4) is 0 Å². The Morgan fingerprint density at radius 2 is 1.96 bits per heavy atom. The molecular formula is C18H20ClNO2S. The molecule has 0 heterocycles. The molecule has 1 N–H and O–H groups in total. The van der Waals surface area contributed by atoms with E-state index in [1.807, 2.05) is 56.3 Å². The SMILES string of the molecule is CCC(Sc1ccc(Cl)cc1)C(=O)Nc1cc(C)ccc1OC. The molecule has 0 aliphatic heterocycles. The van der Waals surface area contributed by atoms with Crippen molar-refractivity contribution in [1.82, 2.24) is 0 Å². The molecule has 2 aromatic rings. The van der Waals surface area contributed by atoms with Crippen LogP contribution < -0.4 is 10.1 Å².